The van der Waals surface area contributed by atoms with Gasteiger partial charge in [-0.1, -0.05) is 34.5 Å². The van der Waals surface area contributed by atoms with Crippen LogP contribution in [0, 0.1) is 0 Å². The number of benzene rings is 1. The van der Waals surface area contributed by atoms with Crippen LogP contribution in [-0.4, -0.2) is 17.1 Å². The number of nitrogens with one attached hydrogen (secondary N) is 1. The van der Waals surface area contributed by atoms with Gasteiger partial charge in [0.2, 0.25) is 0 Å². The van der Waals surface area contributed by atoms with Crippen LogP contribution in [0.2, 0.25) is 10.0 Å². The molecule has 0 atom stereocenters. The summed E-state index contributed by atoms with van der Waals surface area (Å²) in [4.78, 5) is 14.5. The summed E-state index contributed by atoms with van der Waals surface area (Å²) in [6.07, 6.45) is -4.95. The zero-order chi connectivity index (χ0) is 13.5. The fraction of sp³-hybridized carbons (Fsp3) is 0.111. The van der Waals surface area contributed by atoms with E-state index in [1.807, 2.05) is 0 Å². The summed E-state index contributed by atoms with van der Waals surface area (Å²) in [6, 6.07) is 2.89. The molecular formula is C9H3Cl2F3N2OS. The zero-order valence-corrected chi connectivity index (χ0v) is 10.6. The van der Waals surface area contributed by atoms with Gasteiger partial charge in [-0.25, -0.2) is 4.98 Å². The Kier molecular flexibility index (Phi) is 3.39. The van der Waals surface area contributed by atoms with Gasteiger partial charge in [0, 0.05) is 0 Å². The minimum atomic E-state index is -4.95. The highest BCUT2D eigenvalue weighted by Crippen LogP contribution is 2.33. The molecule has 1 aromatic carbocycles. The maximum absolute atomic E-state index is 12.0. The summed E-state index contributed by atoms with van der Waals surface area (Å²) >= 11 is 12.4. The lowest BCUT2D eigenvalue weighted by Crippen LogP contribution is -2.29. The van der Waals surface area contributed by atoms with E-state index in [0.29, 0.717) is 10.2 Å². The lowest BCUT2D eigenvalue weighted by Gasteiger charge is -2.03. The van der Waals surface area contributed by atoms with Crippen molar-refractivity contribution >= 4 is 55.8 Å². The van der Waals surface area contributed by atoms with Crippen LogP contribution in [0.1, 0.15) is 0 Å². The molecule has 18 heavy (non-hydrogen) atoms. The number of carbonyl (C=O) groups is 1. The molecule has 9 heteroatoms. The first-order valence-corrected chi connectivity index (χ1v) is 5.98. The third-order valence-electron chi connectivity index (χ3n) is 1.91. The van der Waals surface area contributed by atoms with E-state index in [9.17, 15) is 18.0 Å². The Morgan fingerprint density at radius 1 is 1.28 bits per heavy atom. The van der Waals surface area contributed by atoms with Crippen LogP contribution in [0.15, 0.2) is 12.1 Å². The number of rotatable bonds is 1. The lowest BCUT2D eigenvalue weighted by atomic mass is 10.3. The third kappa shape index (κ3) is 2.68. The zero-order valence-electron chi connectivity index (χ0n) is 8.31. The Morgan fingerprint density at radius 2 is 1.89 bits per heavy atom. The molecule has 0 bridgehead atoms. The van der Waals surface area contributed by atoms with Crippen molar-refractivity contribution in [1.29, 1.82) is 0 Å². The van der Waals surface area contributed by atoms with Crippen molar-refractivity contribution in [3.05, 3.63) is 22.2 Å². The summed E-state index contributed by atoms with van der Waals surface area (Å²) in [5.41, 5.74) is 0.367. The van der Waals surface area contributed by atoms with Crippen molar-refractivity contribution in [3.8, 4) is 0 Å². The molecule has 0 spiro atoms. The number of nitrogens with zero attached hydrogens (tertiary/aromatic N) is 1. The van der Waals surface area contributed by atoms with Crippen LogP contribution in [0.3, 0.4) is 0 Å². The van der Waals surface area contributed by atoms with Crippen LogP contribution in [0.5, 0.6) is 0 Å². The van der Waals surface area contributed by atoms with Crippen LogP contribution in [0.25, 0.3) is 10.2 Å². The van der Waals surface area contributed by atoms with Gasteiger partial charge in [-0.05, 0) is 12.1 Å². The predicted molar refractivity (Wildman–Crippen MR) is 64.3 cm³/mol. The molecule has 0 radical (unpaired) electrons. The third-order valence-corrected chi connectivity index (χ3v) is 3.56. The molecule has 0 aliphatic rings. The summed E-state index contributed by atoms with van der Waals surface area (Å²) in [7, 11) is 0. The standard InChI is InChI=1S/C9H3Cl2F3N2OS/c10-3-1-5-6(2-4(3)11)18-8(15-5)16-7(17)9(12,13)14/h1-2H,(H,15,16,17). The summed E-state index contributed by atoms with van der Waals surface area (Å²) in [5, 5.41) is 2.01. The van der Waals surface area contributed by atoms with E-state index < -0.39 is 12.1 Å². The maximum atomic E-state index is 12.0. The molecule has 0 saturated carbocycles. The van der Waals surface area contributed by atoms with E-state index >= 15 is 0 Å². The topological polar surface area (TPSA) is 42.0 Å². The van der Waals surface area contributed by atoms with Crippen molar-refractivity contribution in [2.24, 2.45) is 0 Å². The first-order valence-electron chi connectivity index (χ1n) is 4.41. The lowest BCUT2D eigenvalue weighted by molar-refractivity contribution is -0.167. The Hall–Kier alpha value is -1.05. The SMILES string of the molecule is O=C(Nc1nc2cc(Cl)c(Cl)cc2s1)C(F)(F)F. The van der Waals surface area contributed by atoms with Crippen molar-refractivity contribution in [2.75, 3.05) is 5.32 Å². The second-order valence-corrected chi connectivity index (χ2v) is 5.05. The molecule has 2 rings (SSSR count). The highest BCUT2D eigenvalue weighted by molar-refractivity contribution is 7.22. The molecule has 1 aromatic heterocycles. The average molecular weight is 315 g/mol. The van der Waals surface area contributed by atoms with Gasteiger partial charge < -0.3 is 0 Å². The van der Waals surface area contributed by atoms with Crippen molar-refractivity contribution in [3.63, 3.8) is 0 Å². The second-order valence-electron chi connectivity index (χ2n) is 3.20. The average Bonchev–Trinajstić information content (AvgIpc) is 2.59. The molecule has 0 saturated heterocycles. The van der Waals surface area contributed by atoms with Gasteiger partial charge in [-0.2, -0.15) is 13.2 Å². The second kappa shape index (κ2) is 4.56. The van der Waals surface area contributed by atoms with Crippen molar-refractivity contribution < 1.29 is 18.0 Å². The quantitative estimate of drug-likeness (QED) is 0.861. The molecule has 1 N–H and O–H groups in total. The summed E-state index contributed by atoms with van der Waals surface area (Å²) in [6.45, 7) is 0. The summed E-state index contributed by atoms with van der Waals surface area (Å²) < 4.78 is 36.7. The van der Waals surface area contributed by atoms with Crippen molar-refractivity contribution in [2.45, 2.75) is 6.18 Å². The highest BCUT2D eigenvalue weighted by atomic mass is 35.5. The van der Waals surface area contributed by atoms with E-state index in [4.69, 9.17) is 23.2 Å². The molecule has 0 aliphatic carbocycles. The van der Waals surface area contributed by atoms with E-state index in [1.54, 1.807) is 5.32 Å². The molecule has 3 nitrogen and oxygen atoms in total. The molecular weight excluding hydrogens is 312 g/mol. The van der Waals surface area contributed by atoms with Crippen molar-refractivity contribution in [1.82, 2.24) is 4.98 Å². The molecule has 1 heterocycles. The van der Waals surface area contributed by atoms with E-state index in [2.05, 4.69) is 4.98 Å². The first-order chi connectivity index (χ1) is 8.27. The molecule has 96 valence electrons. The van der Waals surface area contributed by atoms with E-state index in [1.165, 1.54) is 12.1 Å². The fourth-order valence-electron chi connectivity index (χ4n) is 1.15. The normalized spacial score (nSPS) is 11.8. The number of thiazole rings is 1. The Balaban J connectivity index is 2.34. The molecule has 0 fully saturated rings. The maximum Gasteiger partial charge on any atom is 0.471 e. The van der Waals surface area contributed by atoms with Gasteiger partial charge in [0.05, 0.1) is 20.3 Å². The first kappa shape index (κ1) is 13.4. The largest absolute Gasteiger partial charge is 0.471 e. The molecule has 1 amide bonds. The number of amides is 1. The number of anilines is 1. The number of fused-ring (bicyclic) bond motifs is 1. The van der Waals surface area contributed by atoms with Gasteiger partial charge in [0.25, 0.3) is 0 Å². The Bertz CT molecular complexity index is 587. The number of aromatic nitrogens is 1. The van der Waals surface area contributed by atoms with Crippen LogP contribution >= 0.6 is 34.5 Å². The molecule has 2 aromatic rings. The molecule has 0 aliphatic heterocycles. The van der Waals surface area contributed by atoms with Gasteiger partial charge in [-0.15, -0.1) is 0 Å². The van der Waals surface area contributed by atoms with E-state index in [0.717, 1.165) is 11.3 Å². The highest BCUT2D eigenvalue weighted by Gasteiger charge is 2.39. The summed E-state index contributed by atoms with van der Waals surface area (Å²) in [5.74, 6) is -2.07. The van der Waals surface area contributed by atoms with Crippen LogP contribution < -0.4 is 5.32 Å². The predicted octanol–water partition coefficient (Wildman–Crippen LogP) is 4.10. The number of alkyl halides is 3. The van der Waals surface area contributed by atoms with Crippen LogP contribution in [0.4, 0.5) is 18.3 Å². The Labute approximate surface area is 113 Å². The monoisotopic (exact) mass is 314 g/mol. The minimum absolute atomic E-state index is 0.161. The van der Waals surface area contributed by atoms with Gasteiger partial charge in [0.1, 0.15) is 0 Å². The van der Waals surface area contributed by atoms with E-state index in [-0.39, 0.29) is 15.2 Å². The smallest absolute Gasteiger partial charge is 0.294 e. The number of hydrogen-bond donors (Lipinski definition) is 1. The Morgan fingerprint density at radius 3 is 2.50 bits per heavy atom. The number of carbonyl (C=O) groups excluding carboxylic acids is 1. The fourth-order valence-corrected chi connectivity index (χ4v) is 2.41. The van der Waals surface area contributed by atoms with Gasteiger partial charge in [0.15, 0.2) is 5.13 Å². The van der Waals surface area contributed by atoms with Crippen LogP contribution in [-0.2, 0) is 4.79 Å². The van der Waals surface area contributed by atoms with Gasteiger partial charge in [-0.3, -0.25) is 10.1 Å². The van der Waals surface area contributed by atoms with Gasteiger partial charge >= 0.3 is 12.1 Å². The number of halogens is 5. The number of hydrogen-bond acceptors (Lipinski definition) is 3. The molecule has 0 unspecified atom stereocenters. The minimum Gasteiger partial charge on any atom is -0.294 e.